The molecule has 1 aliphatic heterocycles. The minimum absolute atomic E-state index is 0.659. The summed E-state index contributed by atoms with van der Waals surface area (Å²) in [5.74, 6) is 8.94. The van der Waals surface area contributed by atoms with Crippen molar-refractivity contribution < 1.29 is 4.74 Å². The summed E-state index contributed by atoms with van der Waals surface area (Å²) in [6.07, 6.45) is 0.737. The first-order valence-corrected chi connectivity index (χ1v) is 6.51. The number of nitrogen functional groups attached to an aromatic ring is 1. The number of hydrogen-bond donors (Lipinski definition) is 2. The van der Waals surface area contributed by atoms with Crippen molar-refractivity contribution in [3.05, 3.63) is 17.1 Å². The second-order valence-electron chi connectivity index (χ2n) is 3.50. The average Bonchev–Trinajstić information content (AvgIpc) is 2.76. The zero-order valence-electron chi connectivity index (χ0n) is 9.32. The molecule has 1 aliphatic rings. The van der Waals surface area contributed by atoms with E-state index in [2.05, 4.69) is 15.4 Å². The van der Waals surface area contributed by atoms with E-state index in [0.717, 1.165) is 47.4 Å². The molecule has 0 amide bonds. The van der Waals surface area contributed by atoms with Gasteiger partial charge in [0.25, 0.3) is 0 Å². The number of nitrogens with one attached hydrogen (secondary N) is 1. The van der Waals surface area contributed by atoms with Gasteiger partial charge in [0.15, 0.2) is 0 Å². The second kappa shape index (κ2) is 5.47. The van der Waals surface area contributed by atoms with Gasteiger partial charge in [-0.2, -0.15) is 11.8 Å². The molecule has 0 aliphatic carbocycles. The normalized spacial score (nSPS) is 13.9. The molecular weight excluding hydrogens is 224 g/mol. The Labute approximate surface area is 99.2 Å². The predicted octanol–water partition coefficient (Wildman–Crippen LogP) is 1.09. The SMILES string of the molecule is CCOCCc1nc2c(c(NN)n1)CSC2. The largest absolute Gasteiger partial charge is 0.381 e. The summed E-state index contributed by atoms with van der Waals surface area (Å²) in [6, 6.07) is 0. The molecule has 2 rings (SSSR count). The van der Waals surface area contributed by atoms with E-state index in [0.29, 0.717) is 6.61 Å². The molecule has 0 spiro atoms. The number of nitrogens with two attached hydrogens (primary N) is 1. The Hall–Kier alpha value is -0.850. The maximum Gasteiger partial charge on any atom is 0.148 e. The molecule has 2 heterocycles. The fourth-order valence-corrected chi connectivity index (χ4v) is 2.68. The van der Waals surface area contributed by atoms with Crippen LogP contribution in [-0.4, -0.2) is 23.2 Å². The molecule has 0 saturated carbocycles. The van der Waals surface area contributed by atoms with Crippen LogP contribution in [0.15, 0.2) is 0 Å². The smallest absolute Gasteiger partial charge is 0.148 e. The van der Waals surface area contributed by atoms with Crippen molar-refractivity contribution in [2.75, 3.05) is 18.6 Å². The highest BCUT2D eigenvalue weighted by molar-refractivity contribution is 7.98. The number of nitrogens with zero attached hydrogens (tertiary/aromatic N) is 2. The topological polar surface area (TPSA) is 73.1 Å². The molecule has 5 nitrogen and oxygen atoms in total. The van der Waals surface area contributed by atoms with Crippen LogP contribution in [0.5, 0.6) is 0 Å². The van der Waals surface area contributed by atoms with Gasteiger partial charge in [0.1, 0.15) is 11.6 Å². The Bertz CT molecular complexity index is 372. The van der Waals surface area contributed by atoms with Crippen LogP contribution in [0.2, 0.25) is 0 Å². The van der Waals surface area contributed by atoms with Gasteiger partial charge in [0.05, 0.1) is 12.3 Å². The number of fused-ring (bicyclic) bond motifs is 1. The van der Waals surface area contributed by atoms with E-state index in [1.54, 1.807) is 0 Å². The van der Waals surface area contributed by atoms with Gasteiger partial charge in [-0.3, -0.25) is 0 Å². The van der Waals surface area contributed by atoms with Gasteiger partial charge >= 0.3 is 0 Å². The number of anilines is 1. The molecule has 0 fully saturated rings. The highest BCUT2D eigenvalue weighted by atomic mass is 32.2. The number of aromatic nitrogens is 2. The van der Waals surface area contributed by atoms with Crippen molar-refractivity contribution in [1.29, 1.82) is 0 Å². The highest BCUT2D eigenvalue weighted by Gasteiger charge is 2.18. The van der Waals surface area contributed by atoms with E-state index in [9.17, 15) is 0 Å². The fourth-order valence-electron chi connectivity index (χ4n) is 1.64. The number of hydrogen-bond acceptors (Lipinski definition) is 6. The Kier molecular flexibility index (Phi) is 3.98. The van der Waals surface area contributed by atoms with Crippen LogP contribution in [-0.2, 0) is 22.7 Å². The fraction of sp³-hybridized carbons (Fsp3) is 0.600. The predicted molar refractivity (Wildman–Crippen MR) is 65.0 cm³/mol. The Morgan fingerprint density at radius 2 is 2.31 bits per heavy atom. The second-order valence-corrected chi connectivity index (χ2v) is 4.48. The van der Waals surface area contributed by atoms with Crippen LogP contribution in [0, 0.1) is 0 Å². The first-order chi connectivity index (χ1) is 7.85. The van der Waals surface area contributed by atoms with E-state index in [1.807, 2.05) is 18.7 Å². The van der Waals surface area contributed by atoms with Gasteiger partial charge in [0.2, 0.25) is 0 Å². The molecule has 16 heavy (non-hydrogen) atoms. The Morgan fingerprint density at radius 1 is 1.44 bits per heavy atom. The molecule has 0 aromatic carbocycles. The van der Waals surface area contributed by atoms with Crippen LogP contribution < -0.4 is 11.3 Å². The van der Waals surface area contributed by atoms with Crippen LogP contribution in [0.1, 0.15) is 24.0 Å². The molecule has 88 valence electrons. The summed E-state index contributed by atoms with van der Waals surface area (Å²) in [7, 11) is 0. The van der Waals surface area contributed by atoms with Crippen LogP contribution in [0.4, 0.5) is 5.82 Å². The van der Waals surface area contributed by atoms with Crippen molar-refractivity contribution in [3.8, 4) is 0 Å². The molecular formula is C10H16N4OS. The summed E-state index contributed by atoms with van der Waals surface area (Å²) in [5.41, 5.74) is 4.91. The zero-order valence-corrected chi connectivity index (χ0v) is 10.1. The number of hydrazine groups is 1. The number of rotatable bonds is 5. The maximum atomic E-state index is 5.47. The number of ether oxygens (including phenoxy) is 1. The lowest BCUT2D eigenvalue weighted by molar-refractivity contribution is 0.149. The molecule has 3 N–H and O–H groups in total. The van der Waals surface area contributed by atoms with Gasteiger partial charge in [0, 0.05) is 30.1 Å². The van der Waals surface area contributed by atoms with Gasteiger partial charge < -0.3 is 10.2 Å². The van der Waals surface area contributed by atoms with Gasteiger partial charge in [-0.25, -0.2) is 15.8 Å². The average molecular weight is 240 g/mol. The van der Waals surface area contributed by atoms with Gasteiger partial charge in [-0.15, -0.1) is 0 Å². The third kappa shape index (κ3) is 2.45. The third-order valence-electron chi connectivity index (χ3n) is 2.44. The summed E-state index contributed by atoms with van der Waals surface area (Å²) in [6.45, 7) is 3.36. The van der Waals surface area contributed by atoms with Gasteiger partial charge in [-0.05, 0) is 6.92 Å². The van der Waals surface area contributed by atoms with E-state index < -0.39 is 0 Å². The van der Waals surface area contributed by atoms with Crippen LogP contribution in [0.25, 0.3) is 0 Å². The standard InChI is InChI=1S/C10H16N4OS/c1-2-15-4-3-9-12-8-6-16-5-7(8)10(13-9)14-11/h2-6,11H2,1H3,(H,12,13,14). The molecule has 0 atom stereocenters. The van der Waals surface area contributed by atoms with Crippen LogP contribution >= 0.6 is 11.8 Å². The Balaban J connectivity index is 2.14. The van der Waals surface area contributed by atoms with E-state index >= 15 is 0 Å². The first-order valence-electron chi connectivity index (χ1n) is 5.36. The molecule has 1 aromatic rings. The molecule has 0 radical (unpaired) electrons. The monoisotopic (exact) mass is 240 g/mol. The molecule has 0 saturated heterocycles. The highest BCUT2D eigenvalue weighted by Crippen LogP contribution is 2.32. The Morgan fingerprint density at radius 3 is 3.06 bits per heavy atom. The van der Waals surface area contributed by atoms with E-state index in [-0.39, 0.29) is 0 Å². The molecule has 1 aromatic heterocycles. The molecule has 0 bridgehead atoms. The van der Waals surface area contributed by atoms with Gasteiger partial charge in [-0.1, -0.05) is 0 Å². The lowest BCUT2D eigenvalue weighted by Crippen LogP contribution is -2.14. The molecule has 6 heteroatoms. The minimum atomic E-state index is 0.659. The zero-order chi connectivity index (χ0) is 11.4. The van der Waals surface area contributed by atoms with E-state index in [1.165, 1.54) is 0 Å². The minimum Gasteiger partial charge on any atom is -0.381 e. The lowest BCUT2D eigenvalue weighted by Gasteiger charge is -2.08. The first kappa shape index (κ1) is 11.6. The maximum absolute atomic E-state index is 5.47. The lowest BCUT2D eigenvalue weighted by atomic mass is 10.2. The van der Waals surface area contributed by atoms with E-state index in [4.69, 9.17) is 10.6 Å². The number of thioether (sulfide) groups is 1. The quantitative estimate of drug-likeness (QED) is 0.456. The van der Waals surface area contributed by atoms with Crippen molar-refractivity contribution in [2.24, 2.45) is 5.84 Å². The summed E-state index contributed by atoms with van der Waals surface area (Å²) < 4.78 is 5.29. The van der Waals surface area contributed by atoms with Crippen molar-refractivity contribution in [2.45, 2.75) is 24.9 Å². The molecule has 0 unspecified atom stereocenters. The van der Waals surface area contributed by atoms with Crippen LogP contribution in [0.3, 0.4) is 0 Å². The summed E-state index contributed by atoms with van der Waals surface area (Å²) in [5, 5.41) is 0. The van der Waals surface area contributed by atoms with Crippen molar-refractivity contribution in [3.63, 3.8) is 0 Å². The van der Waals surface area contributed by atoms with Crippen molar-refractivity contribution >= 4 is 17.6 Å². The van der Waals surface area contributed by atoms with Crippen molar-refractivity contribution in [1.82, 2.24) is 9.97 Å². The third-order valence-corrected chi connectivity index (χ3v) is 3.41. The summed E-state index contributed by atoms with van der Waals surface area (Å²) in [4.78, 5) is 8.92. The summed E-state index contributed by atoms with van der Waals surface area (Å²) >= 11 is 1.84.